The molecule has 0 bridgehead atoms. The molecule has 2 aromatic heterocycles. The zero-order valence-electron chi connectivity index (χ0n) is 17.1. The van der Waals surface area contributed by atoms with Gasteiger partial charge in [0.15, 0.2) is 28.8 Å². The van der Waals surface area contributed by atoms with Crippen molar-refractivity contribution in [1.29, 1.82) is 0 Å². The van der Waals surface area contributed by atoms with E-state index in [4.69, 9.17) is 14.6 Å². The molecule has 30 heavy (non-hydrogen) atoms. The van der Waals surface area contributed by atoms with Crippen molar-refractivity contribution in [2.45, 2.75) is 31.7 Å². The van der Waals surface area contributed by atoms with Crippen LogP contribution in [0, 0.1) is 0 Å². The van der Waals surface area contributed by atoms with Crippen molar-refractivity contribution in [3.05, 3.63) is 53.3 Å². The fourth-order valence-electron chi connectivity index (χ4n) is 4.47. The summed E-state index contributed by atoms with van der Waals surface area (Å²) in [6.07, 6.45) is 3.27. The monoisotopic (exact) mass is 401 g/mol. The minimum absolute atomic E-state index is 0.486. The highest BCUT2D eigenvalue weighted by atomic mass is 16.5. The molecule has 7 nitrogen and oxygen atoms in total. The first-order valence-corrected chi connectivity index (χ1v) is 10.4. The van der Waals surface area contributed by atoms with E-state index in [1.165, 1.54) is 24.0 Å². The molecule has 4 aromatic rings. The second kappa shape index (κ2) is 6.58. The van der Waals surface area contributed by atoms with Crippen LogP contribution < -0.4 is 14.4 Å². The van der Waals surface area contributed by atoms with Crippen LogP contribution in [0.3, 0.4) is 0 Å². The molecule has 0 amide bonds. The van der Waals surface area contributed by atoms with Gasteiger partial charge in [-0.2, -0.15) is 4.52 Å². The van der Waals surface area contributed by atoms with Crippen molar-refractivity contribution in [2.75, 3.05) is 25.7 Å². The SMILES string of the molecule is COc1cc2c(cc1OC)CN(c1nn3c(C4CC4)nnc3c3ccccc13)CC2. The predicted octanol–water partition coefficient (Wildman–Crippen LogP) is 3.73. The average molecular weight is 401 g/mol. The van der Waals surface area contributed by atoms with E-state index in [0.29, 0.717) is 5.92 Å². The Hall–Kier alpha value is -3.35. The normalized spacial score (nSPS) is 16.1. The lowest BCUT2D eigenvalue weighted by atomic mass is 9.98. The third-order valence-corrected chi connectivity index (χ3v) is 6.23. The van der Waals surface area contributed by atoms with Gasteiger partial charge >= 0.3 is 0 Å². The van der Waals surface area contributed by atoms with Crippen LogP contribution in [0.1, 0.15) is 35.7 Å². The molecule has 2 aliphatic rings. The summed E-state index contributed by atoms with van der Waals surface area (Å²) < 4.78 is 13.0. The van der Waals surface area contributed by atoms with E-state index in [-0.39, 0.29) is 0 Å². The Labute approximate surface area is 174 Å². The van der Waals surface area contributed by atoms with E-state index >= 15 is 0 Å². The van der Waals surface area contributed by atoms with Crippen LogP contribution >= 0.6 is 0 Å². The number of ether oxygens (including phenoxy) is 2. The summed E-state index contributed by atoms with van der Waals surface area (Å²) in [7, 11) is 3.36. The topological polar surface area (TPSA) is 64.8 Å². The molecule has 3 heterocycles. The Bertz CT molecular complexity index is 1280. The molecular weight excluding hydrogens is 378 g/mol. The molecule has 1 aliphatic heterocycles. The molecule has 1 fully saturated rings. The van der Waals surface area contributed by atoms with Crippen molar-refractivity contribution in [2.24, 2.45) is 0 Å². The number of rotatable bonds is 4. The van der Waals surface area contributed by atoms with E-state index in [2.05, 4.69) is 51.5 Å². The summed E-state index contributed by atoms with van der Waals surface area (Å²) in [6.45, 7) is 1.67. The molecule has 0 atom stereocenters. The summed E-state index contributed by atoms with van der Waals surface area (Å²) >= 11 is 0. The van der Waals surface area contributed by atoms with Gasteiger partial charge in [0.2, 0.25) is 0 Å². The highest BCUT2D eigenvalue weighted by Crippen LogP contribution is 2.40. The number of aromatic nitrogens is 4. The van der Waals surface area contributed by atoms with Gasteiger partial charge in [-0.1, -0.05) is 24.3 Å². The molecule has 0 unspecified atom stereocenters. The summed E-state index contributed by atoms with van der Waals surface area (Å²) in [5.74, 6) is 4.01. The van der Waals surface area contributed by atoms with Crippen LogP contribution in [0.5, 0.6) is 11.5 Å². The minimum Gasteiger partial charge on any atom is -0.493 e. The van der Waals surface area contributed by atoms with E-state index < -0.39 is 0 Å². The number of anilines is 1. The number of nitrogens with zero attached hydrogens (tertiary/aromatic N) is 5. The largest absolute Gasteiger partial charge is 0.493 e. The van der Waals surface area contributed by atoms with Gasteiger partial charge in [-0.25, -0.2) is 0 Å². The highest BCUT2D eigenvalue weighted by molar-refractivity contribution is 6.00. The Morgan fingerprint density at radius 1 is 0.933 bits per heavy atom. The van der Waals surface area contributed by atoms with Crippen LogP contribution in [0.15, 0.2) is 36.4 Å². The fraction of sp³-hybridized carbons (Fsp3) is 0.348. The standard InChI is InChI=1S/C23H23N5O2/c1-29-19-11-15-9-10-27(13-16(15)12-20(19)30-2)23-18-6-4-3-5-17(18)22-25-24-21(14-7-8-14)28(22)26-23/h3-6,11-12,14H,7-10,13H2,1-2H3. The molecule has 0 radical (unpaired) electrons. The van der Waals surface area contributed by atoms with Crippen molar-refractivity contribution < 1.29 is 9.47 Å². The third-order valence-electron chi connectivity index (χ3n) is 6.23. The highest BCUT2D eigenvalue weighted by Gasteiger charge is 2.31. The molecule has 1 aliphatic carbocycles. The Balaban J connectivity index is 1.49. The van der Waals surface area contributed by atoms with Crippen molar-refractivity contribution in [3.8, 4) is 11.5 Å². The Morgan fingerprint density at radius 2 is 1.67 bits per heavy atom. The smallest absolute Gasteiger partial charge is 0.185 e. The fourth-order valence-corrected chi connectivity index (χ4v) is 4.47. The zero-order valence-corrected chi connectivity index (χ0v) is 17.1. The number of hydrogen-bond acceptors (Lipinski definition) is 6. The van der Waals surface area contributed by atoms with Crippen molar-refractivity contribution in [3.63, 3.8) is 0 Å². The molecule has 6 rings (SSSR count). The second-order valence-electron chi connectivity index (χ2n) is 8.08. The van der Waals surface area contributed by atoms with Gasteiger partial charge in [0, 0.05) is 29.8 Å². The van der Waals surface area contributed by atoms with Crippen LogP contribution in [-0.4, -0.2) is 40.6 Å². The quantitative estimate of drug-likeness (QED) is 0.519. The summed E-state index contributed by atoms with van der Waals surface area (Å²) in [4.78, 5) is 2.35. The average Bonchev–Trinajstić information content (AvgIpc) is 3.55. The molecule has 1 saturated carbocycles. The lowest BCUT2D eigenvalue weighted by Crippen LogP contribution is -2.31. The molecule has 152 valence electrons. The molecule has 2 aromatic carbocycles. The lowest BCUT2D eigenvalue weighted by molar-refractivity contribution is 0.353. The van der Waals surface area contributed by atoms with Crippen molar-refractivity contribution >= 4 is 22.2 Å². The first-order chi connectivity index (χ1) is 14.8. The maximum absolute atomic E-state index is 5.53. The number of fused-ring (bicyclic) bond motifs is 4. The van der Waals surface area contributed by atoms with Crippen LogP contribution in [0.25, 0.3) is 16.4 Å². The van der Waals surface area contributed by atoms with Crippen LogP contribution in [-0.2, 0) is 13.0 Å². The Morgan fingerprint density at radius 3 is 2.40 bits per heavy atom. The van der Waals surface area contributed by atoms with Gasteiger partial charge in [-0.15, -0.1) is 15.3 Å². The maximum atomic E-state index is 5.53. The molecule has 0 spiro atoms. The second-order valence-corrected chi connectivity index (χ2v) is 8.08. The predicted molar refractivity (Wildman–Crippen MR) is 115 cm³/mol. The van der Waals surface area contributed by atoms with E-state index in [0.717, 1.165) is 59.1 Å². The van der Waals surface area contributed by atoms with E-state index in [9.17, 15) is 0 Å². The molecule has 0 saturated heterocycles. The van der Waals surface area contributed by atoms with E-state index in [1.54, 1.807) is 14.2 Å². The van der Waals surface area contributed by atoms with Crippen LogP contribution in [0.4, 0.5) is 5.82 Å². The van der Waals surface area contributed by atoms with E-state index in [1.807, 2.05) is 4.52 Å². The van der Waals surface area contributed by atoms with Gasteiger partial charge in [-0.05, 0) is 42.5 Å². The number of methoxy groups -OCH3 is 2. The molecule has 0 N–H and O–H groups in total. The van der Waals surface area contributed by atoms with Gasteiger partial charge in [0.1, 0.15) is 0 Å². The zero-order chi connectivity index (χ0) is 20.2. The first kappa shape index (κ1) is 17.5. The molecular formula is C23H23N5O2. The summed E-state index contributed by atoms with van der Waals surface area (Å²) in [6, 6.07) is 12.6. The lowest BCUT2D eigenvalue weighted by Gasteiger charge is -2.31. The third kappa shape index (κ3) is 2.61. The van der Waals surface area contributed by atoms with Crippen LogP contribution in [0.2, 0.25) is 0 Å². The minimum atomic E-state index is 0.486. The van der Waals surface area contributed by atoms with Gasteiger partial charge in [0.25, 0.3) is 0 Å². The Kier molecular flexibility index (Phi) is 3.84. The van der Waals surface area contributed by atoms with Crippen molar-refractivity contribution in [1.82, 2.24) is 19.8 Å². The first-order valence-electron chi connectivity index (χ1n) is 10.4. The summed E-state index contributed by atoms with van der Waals surface area (Å²) in [5.41, 5.74) is 3.40. The summed E-state index contributed by atoms with van der Waals surface area (Å²) in [5, 5.41) is 16.2. The molecule has 7 heteroatoms. The number of hydrogen-bond donors (Lipinski definition) is 0. The van der Waals surface area contributed by atoms with Gasteiger partial charge in [-0.3, -0.25) is 0 Å². The van der Waals surface area contributed by atoms with Gasteiger partial charge < -0.3 is 14.4 Å². The van der Waals surface area contributed by atoms with Gasteiger partial charge in [0.05, 0.1) is 14.2 Å². The number of benzene rings is 2. The maximum Gasteiger partial charge on any atom is 0.185 e.